The number of amides is 1. The third kappa shape index (κ3) is 4.58. The van der Waals surface area contributed by atoms with Gasteiger partial charge in [-0.25, -0.2) is 5.84 Å². The van der Waals surface area contributed by atoms with Crippen molar-refractivity contribution in [1.82, 2.24) is 5.43 Å². The SMILES string of the molecule is CC(C)CC(C)OCc1cc(C(=O)NN)co1. The number of hydrazine groups is 1. The molecule has 0 saturated heterocycles. The summed E-state index contributed by atoms with van der Waals surface area (Å²) in [6, 6.07) is 1.63. The van der Waals surface area contributed by atoms with Crippen molar-refractivity contribution in [1.29, 1.82) is 0 Å². The van der Waals surface area contributed by atoms with Gasteiger partial charge in [0.05, 0.1) is 11.7 Å². The normalized spacial score (nSPS) is 12.8. The van der Waals surface area contributed by atoms with Gasteiger partial charge in [-0.2, -0.15) is 0 Å². The van der Waals surface area contributed by atoms with Gasteiger partial charge in [-0.05, 0) is 25.3 Å². The Morgan fingerprint density at radius 2 is 2.24 bits per heavy atom. The van der Waals surface area contributed by atoms with E-state index in [1.54, 1.807) is 6.07 Å². The molecular formula is C12H20N2O3. The summed E-state index contributed by atoms with van der Waals surface area (Å²) in [7, 11) is 0. The molecule has 0 fully saturated rings. The Labute approximate surface area is 101 Å². The van der Waals surface area contributed by atoms with Gasteiger partial charge in [-0.3, -0.25) is 10.2 Å². The van der Waals surface area contributed by atoms with Crippen LogP contribution in [0.2, 0.25) is 0 Å². The number of carbonyl (C=O) groups excluding carboxylic acids is 1. The van der Waals surface area contributed by atoms with Crippen LogP contribution in [0.5, 0.6) is 0 Å². The Bertz CT molecular complexity index is 360. The fourth-order valence-electron chi connectivity index (χ4n) is 1.62. The van der Waals surface area contributed by atoms with Crippen LogP contribution < -0.4 is 11.3 Å². The Morgan fingerprint density at radius 1 is 1.53 bits per heavy atom. The number of carbonyl (C=O) groups is 1. The first-order chi connectivity index (χ1) is 8.02. The molecule has 0 aliphatic carbocycles. The second-order valence-corrected chi connectivity index (χ2v) is 4.53. The quantitative estimate of drug-likeness (QED) is 0.452. The zero-order chi connectivity index (χ0) is 12.8. The van der Waals surface area contributed by atoms with Gasteiger partial charge < -0.3 is 9.15 Å². The average molecular weight is 240 g/mol. The first-order valence-electron chi connectivity index (χ1n) is 5.73. The Kier molecular flexibility index (Phi) is 5.18. The molecule has 0 saturated carbocycles. The molecular weight excluding hydrogens is 220 g/mol. The highest BCUT2D eigenvalue weighted by Crippen LogP contribution is 2.13. The zero-order valence-electron chi connectivity index (χ0n) is 10.5. The van der Waals surface area contributed by atoms with E-state index >= 15 is 0 Å². The van der Waals surface area contributed by atoms with Gasteiger partial charge >= 0.3 is 0 Å². The third-order valence-corrected chi connectivity index (χ3v) is 2.36. The van der Waals surface area contributed by atoms with Gasteiger partial charge in [-0.1, -0.05) is 13.8 Å². The van der Waals surface area contributed by atoms with Crippen LogP contribution in [0.3, 0.4) is 0 Å². The number of furan rings is 1. The molecule has 0 spiro atoms. The van der Waals surface area contributed by atoms with E-state index in [1.807, 2.05) is 12.3 Å². The summed E-state index contributed by atoms with van der Waals surface area (Å²) in [5, 5.41) is 0. The number of nitrogens with one attached hydrogen (secondary N) is 1. The van der Waals surface area contributed by atoms with Crippen molar-refractivity contribution in [3.8, 4) is 0 Å². The van der Waals surface area contributed by atoms with E-state index < -0.39 is 0 Å². The van der Waals surface area contributed by atoms with Crippen molar-refractivity contribution in [3.05, 3.63) is 23.7 Å². The minimum absolute atomic E-state index is 0.173. The largest absolute Gasteiger partial charge is 0.466 e. The molecule has 0 radical (unpaired) electrons. The lowest BCUT2D eigenvalue weighted by Gasteiger charge is -2.13. The van der Waals surface area contributed by atoms with E-state index in [0.717, 1.165) is 6.42 Å². The number of nitrogens with two attached hydrogens (primary N) is 1. The van der Waals surface area contributed by atoms with Crippen molar-refractivity contribution in [2.24, 2.45) is 11.8 Å². The predicted molar refractivity (Wildman–Crippen MR) is 64.1 cm³/mol. The molecule has 1 atom stereocenters. The van der Waals surface area contributed by atoms with E-state index in [-0.39, 0.29) is 12.0 Å². The van der Waals surface area contributed by atoms with Crippen molar-refractivity contribution in [3.63, 3.8) is 0 Å². The summed E-state index contributed by atoms with van der Waals surface area (Å²) in [6.45, 7) is 6.69. The number of rotatable bonds is 6. The first kappa shape index (κ1) is 13.7. The first-order valence-corrected chi connectivity index (χ1v) is 5.73. The maximum Gasteiger partial charge on any atom is 0.268 e. The molecule has 5 nitrogen and oxygen atoms in total. The highest BCUT2D eigenvalue weighted by atomic mass is 16.5. The van der Waals surface area contributed by atoms with Gasteiger partial charge in [0.1, 0.15) is 18.6 Å². The van der Waals surface area contributed by atoms with Crippen molar-refractivity contribution in [2.45, 2.75) is 39.9 Å². The lowest BCUT2D eigenvalue weighted by Crippen LogP contribution is -2.29. The number of ether oxygens (including phenoxy) is 1. The Hall–Kier alpha value is -1.33. The van der Waals surface area contributed by atoms with Crippen molar-refractivity contribution in [2.75, 3.05) is 0 Å². The van der Waals surface area contributed by atoms with E-state index in [9.17, 15) is 4.79 Å². The summed E-state index contributed by atoms with van der Waals surface area (Å²) in [4.78, 5) is 11.2. The Morgan fingerprint density at radius 3 is 2.82 bits per heavy atom. The van der Waals surface area contributed by atoms with E-state index in [4.69, 9.17) is 15.0 Å². The summed E-state index contributed by atoms with van der Waals surface area (Å²) < 4.78 is 10.8. The minimum atomic E-state index is -0.366. The fraction of sp³-hybridized carbons (Fsp3) is 0.583. The van der Waals surface area contributed by atoms with Crippen LogP contribution in [0.25, 0.3) is 0 Å². The van der Waals surface area contributed by atoms with Crippen molar-refractivity contribution >= 4 is 5.91 Å². The molecule has 96 valence electrons. The third-order valence-electron chi connectivity index (χ3n) is 2.36. The smallest absolute Gasteiger partial charge is 0.268 e. The summed E-state index contributed by atoms with van der Waals surface area (Å²) in [6.07, 6.45) is 2.54. The molecule has 0 aliphatic heterocycles. The molecule has 1 unspecified atom stereocenters. The van der Waals surface area contributed by atoms with Crippen LogP contribution in [0, 0.1) is 5.92 Å². The maximum atomic E-state index is 11.2. The van der Waals surface area contributed by atoms with E-state index in [2.05, 4.69) is 13.8 Å². The van der Waals surface area contributed by atoms with Crippen LogP contribution in [0.4, 0.5) is 0 Å². The van der Waals surface area contributed by atoms with E-state index in [1.165, 1.54) is 6.26 Å². The lowest BCUT2D eigenvalue weighted by atomic mass is 10.1. The summed E-state index contributed by atoms with van der Waals surface area (Å²) in [5.74, 6) is 5.87. The molecule has 0 aliphatic rings. The number of hydrogen-bond acceptors (Lipinski definition) is 4. The molecule has 1 rings (SSSR count). The highest BCUT2D eigenvalue weighted by molar-refractivity contribution is 5.93. The molecule has 1 aromatic rings. The lowest BCUT2D eigenvalue weighted by molar-refractivity contribution is 0.0303. The van der Waals surface area contributed by atoms with Gasteiger partial charge in [0, 0.05) is 0 Å². The second-order valence-electron chi connectivity index (χ2n) is 4.53. The van der Waals surface area contributed by atoms with Gasteiger partial charge in [-0.15, -0.1) is 0 Å². The van der Waals surface area contributed by atoms with Crippen LogP contribution in [0.1, 0.15) is 43.3 Å². The maximum absolute atomic E-state index is 11.2. The topological polar surface area (TPSA) is 77.5 Å². The highest BCUT2D eigenvalue weighted by Gasteiger charge is 2.10. The standard InChI is InChI=1S/C12H20N2O3/c1-8(2)4-9(3)16-7-11-5-10(6-17-11)12(15)14-13/h5-6,8-9H,4,7,13H2,1-3H3,(H,14,15). The van der Waals surface area contributed by atoms with Crippen molar-refractivity contribution < 1.29 is 13.9 Å². The van der Waals surface area contributed by atoms with Gasteiger partial charge in [0.15, 0.2) is 0 Å². The molecule has 17 heavy (non-hydrogen) atoms. The Balaban J connectivity index is 2.42. The zero-order valence-corrected chi connectivity index (χ0v) is 10.5. The average Bonchev–Trinajstić information content (AvgIpc) is 2.73. The van der Waals surface area contributed by atoms with Crippen LogP contribution in [0.15, 0.2) is 16.7 Å². The second kappa shape index (κ2) is 6.42. The molecule has 0 aromatic carbocycles. The molecule has 0 bridgehead atoms. The fourth-order valence-corrected chi connectivity index (χ4v) is 1.62. The van der Waals surface area contributed by atoms with Gasteiger partial charge in [0.2, 0.25) is 0 Å². The number of hydrogen-bond donors (Lipinski definition) is 2. The number of nitrogen functional groups attached to an aromatic ring is 1. The molecule has 1 aromatic heterocycles. The molecule has 5 heteroatoms. The predicted octanol–water partition coefficient (Wildman–Crippen LogP) is 1.83. The minimum Gasteiger partial charge on any atom is -0.466 e. The summed E-state index contributed by atoms with van der Waals surface area (Å²) >= 11 is 0. The molecule has 1 amide bonds. The summed E-state index contributed by atoms with van der Waals surface area (Å²) in [5.41, 5.74) is 2.45. The van der Waals surface area contributed by atoms with E-state index in [0.29, 0.717) is 23.8 Å². The van der Waals surface area contributed by atoms with Crippen LogP contribution in [-0.4, -0.2) is 12.0 Å². The monoisotopic (exact) mass is 240 g/mol. The van der Waals surface area contributed by atoms with Crippen LogP contribution in [-0.2, 0) is 11.3 Å². The van der Waals surface area contributed by atoms with Gasteiger partial charge in [0.25, 0.3) is 5.91 Å². The molecule has 1 heterocycles. The van der Waals surface area contributed by atoms with Crippen LogP contribution >= 0.6 is 0 Å². The molecule has 3 N–H and O–H groups in total.